The number of rotatable bonds is 9. The molecule has 2 atom stereocenters. The average molecular weight is 291 g/mol. The smallest absolute Gasteiger partial charge is 0.312 e. The predicted molar refractivity (Wildman–Crippen MR) is 78.0 cm³/mol. The highest BCUT2D eigenvalue weighted by Gasteiger charge is 2.20. The van der Waals surface area contributed by atoms with Crippen LogP contribution < -0.4 is 16.4 Å². The van der Waals surface area contributed by atoms with Crippen molar-refractivity contribution in [3.05, 3.63) is 0 Å². The summed E-state index contributed by atoms with van der Waals surface area (Å²) in [6.45, 7) is 4.19. The third kappa shape index (κ3) is 9.61. The maximum atomic E-state index is 11.9. The number of urea groups is 1. The maximum absolute atomic E-state index is 11.9. The van der Waals surface area contributed by atoms with Crippen LogP contribution in [0.4, 0.5) is 4.79 Å². The van der Waals surface area contributed by atoms with E-state index < -0.39 is 18.2 Å². The van der Waals surface area contributed by atoms with Gasteiger partial charge in [-0.3, -0.25) is 4.79 Å². The summed E-state index contributed by atoms with van der Waals surface area (Å²) in [5.74, 6) is 0.797. The zero-order valence-electron chi connectivity index (χ0n) is 11.8. The molecule has 6 nitrogen and oxygen atoms in total. The summed E-state index contributed by atoms with van der Waals surface area (Å²) < 4.78 is 0. The molecule has 0 aliphatic heterocycles. The van der Waals surface area contributed by atoms with E-state index >= 15 is 0 Å². The first kappa shape index (κ1) is 18.0. The molecule has 112 valence electrons. The summed E-state index contributed by atoms with van der Waals surface area (Å²) in [7, 11) is 0. The van der Waals surface area contributed by atoms with Crippen molar-refractivity contribution >= 4 is 23.7 Å². The molecule has 0 fully saturated rings. The van der Waals surface area contributed by atoms with E-state index in [1.165, 1.54) is 0 Å². The van der Waals surface area contributed by atoms with Gasteiger partial charge in [-0.2, -0.15) is 11.8 Å². The minimum Gasteiger partial charge on any atom is -0.391 e. The largest absolute Gasteiger partial charge is 0.391 e. The van der Waals surface area contributed by atoms with Crippen molar-refractivity contribution in [1.29, 1.82) is 0 Å². The number of hydrogen-bond acceptors (Lipinski definition) is 4. The molecule has 0 saturated carbocycles. The third-order valence-corrected chi connectivity index (χ3v) is 3.14. The highest BCUT2D eigenvalue weighted by molar-refractivity contribution is 7.98. The number of amides is 3. The predicted octanol–water partition coefficient (Wildman–Crippen LogP) is 0.300. The molecule has 0 bridgehead atoms. The molecule has 19 heavy (non-hydrogen) atoms. The Hall–Kier alpha value is -0.950. The molecule has 5 N–H and O–H groups in total. The minimum absolute atomic E-state index is 0.188. The van der Waals surface area contributed by atoms with E-state index in [1.54, 1.807) is 11.8 Å². The Morgan fingerprint density at radius 2 is 2.00 bits per heavy atom. The van der Waals surface area contributed by atoms with Crippen molar-refractivity contribution < 1.29 is 14.7 Å². The lowest BCUT2D eigenvalue weighted by molar-refractivity contribution is -0.123. The van der Waals surface area contributed by atoms with Gasteiger partial charge in [-0.1, -0.05) is 13.8 Å². The van der Waals surface area contributed by atoms with E-state index in [9.17, 15) is 14.7 Å². The third-order valence-electron chi connectivity index (χ3n) is 2.50. The molecule has 3 amide bonds. The second-order valence-electron chi connectivity index (χ2n) is 4.87. The SMILES string of the molecule is CSCCC(NC(N)=O)C(=O)NCC(O)CC(C)C. The van der Waals surface area contributed by atoms with Gasteiger partial charge >= 0.3 is 6.03 Å². The van der Waals surface area contributed by atoms with Gasteiger partial charge in [-0.05, 0) is 30.8 Å². The summed E-state index contributed by atoms with van der Waals surface area (Å²) in [5.41, 5.74) is 5.04. The first-order valence-electron chi connectivity index (χ1n) is 6.37. The average Bonchev–Trinajstić information content (AvgIpc) is 2.30. The first-order valence-corrected chi connectivity index (χ1v) is 7.76. The first-order chi connectivity index (χ1) is 8.86. The Kier molecular flexibility index (Phi) is 9.42. The monoisotopic (exact) mass is 291 g/mol. The van der Waals surface area contributed by atoms with Gasteiger partial charge in [0.05, 0.1) is 6.10 Å². The lowest BCUT2D eigenvalue weighted by Crippen LogP contribution is -2.50. The minimum atomic E-state index is -0.719. The molecule has 0 aromatic heterocycles. The Morgan fingerprint density at radius 3 is 2.47 bits per heavy atom. The molecular formula is C12H25N3O3S. The lowest BCUT2D eigenvalue weighted by atomic mass is 10.1. The van der Waals surface area contributed by atoms with Gasteiger partial charge in [0.25, 0.3) is 0 Å². The molecular weight excluding hydrogens is 266 g/mol. The number of nitrogens with two attached hydrogens (primary N) is 1. The zero-order chi connectivity index (χ0) is 14.8. The van der Waals surface area contributed by atoms with Gasteiger partial charge in [0.15, 0.2) is 0 Å². The number of carbonyl (C=O) groups is 2. The molecule has 0 rings (SSSR count). The molecule has 0 saturated heterocycles. The van der Waals surface area contributed by atoms with Crippen LogP contribution in [0.1, 0.15) is 26.7 Å². The molecule has 7 heteroatoms. The van der Waals surface area contributed by atoms with E-state index in [1.807, 2.05) is 20.1 Å². The summed E-state index contributed by atoms with van der Waals surface area (Å²) in [6, 6.07) is -1.36. The van der Waals surface area contributed by atoms with Crippen molar-refractivity contribution in [2.75, 3.05) is 18.6 Å². The molecule has 0 aliphatic rings. The number of primary amides is 1. The molecule has 0 aromatic carbocycles. The Balaban J connectivity index is 4.19. The highest BCUT2D eigenvalue weighted by atomic mass is 32.2. The van der Waals surface area contributed by atoms with Gasteiger partial charge < -0.3 is 21.5 Å². The van der Waals surface area contributed by atoms with Gasteiger partial charge in [-0.15, -0.1) is 0 Å². The van der Waals surface area contributed by atoms with Crippen molar-refractivity contribution in [3.63, 3.8) is 0 Å². The number of aliphatic hydroxyl groups is 1. The molecule has 0 radical (unpaired) electrons. The second kappa shape index (κ2) is 9.91. The lowest BCUT2D eigenvalue weighted by Gasteiger charge is -2.19. The van der Waals surface area contributed by atoms with Crippen LogP contribution in [0.2, 0.25) is 0 Å². The van der Waals surface area contributed by atoms with Crippen molar-refractivity contribution in [2.45, 2.75) is 38.8 Å². The second-order valence-corrected chi connectivity index (χ2v) is 5.86. The van der Waals surface area contributed by atoms with Crippen LogP contribution in [-0.2, 0) is 4.79 Å². The fraction of sp³-hybridized carbons (Fsp3) is 0.833. The topological polar surface area (TPSA) is 104 Å². The van der Waals surface area contributed by atoms with Crippen LogP contribution in [0.5, 0.6) is 0 Å². The van der Waals surface area contributed by atoms with E-state index in [-0.39, 0.29) is 12.5 Å². The Bertz CT molecular complexity index is 287. The molecule has 0 spiro atoms. The van der Waals surface area contributed by atoms with Gasteiger partial charge in [0.2, 0.25) is 5.91 Å². The fourth-order valence-electron chi connectivity index (χ4n) is 1.65. The zero-order valence-corrected chi connectivity index (χ0v) is 12.6. The summed E-state index contributed by atoms with van der Waals surface area (Å²) >= 11 is 1.59. The molecule has 0 aliphatic carbocycles. The quantitative estimate of drug-likeness (QED) is 0.490. The van der Waals surface area contributed by atoms with Crippen LogP contribution in [0.25, 0.3) is 0 Å². The molecule has 2 unspecified atom stereocenters. The molecule has 0 heterocycles. The normalized spacial score (nSPS) is 13.9. The van der Waals surface area contributed by atoms with Crippen LogP contribution in [0.15, 0.2) is 0 Å². The highest BCUT2D eigenvalue weighted by Crippen LogP contribution is 2.04. The van der Waals surface area contributed by atoms with Crippen molar-refractivity contribution in [2.24, 2.45) is 11.7 Å². The number of nitrogens with one attached hydrogen (secondary N) is 2. The van der Waals surface area contributed by atoms with Gasteiger partial charge in [0.1, 0.15) is 6.04 Å². The van der Waals surface area contributed by atoms with Gasteiger partial charge in [0, 0.05) is 6.54 Å². The van der Waals surface area contributed by atoms with Crippen molar-refractivity contribution in [3.8, 4) is 0 Å². The number of carbonyl (C=O) groups excluding carboxylic acids is 2. The standard InChI is InChI=1S/C12H25N3O3S/c1-8(2)6-9(16)7-14-11(17)10(4-5-19-3)15-12(13)18/h8-10,16H,4-7H2,1-3H3,(H,14,17)(H3,13,15,18). The van der Waals surface area contributed by atoms with Crippen LogP contribution in [-0.4, -0.2) is 47.7 Å². The van der Waals surface area contributed by atoms with E-state index in [4.69, 9.17) is 5.73 Å². The Labute approximate surface area is 118 Å². The van der Waals surface area contributed by atoms with E-state index in [0.29, 0.717) is 18.8 Å². The number of aliphatic hydroxyl groups excluding tert-OH is 1. The van der Waals surface area contributed by atoms with Crippen molar-refractivity contribution in [1.82, 2.24) is 10.6 Å². The maximum Gasteiger partial charge on any atom is 0.312 e. The number of thioether (sulfide) groups is 1. The summed E-state index contributed by atoms with van der Waals surface area (Å²) in [5, 5.41) is 14.7. The summed E-state index contributed by atoms with van der Waals surface area (Å²) in [4.78, 5) is 22.7. The van der Waals surface area contributed by atoms with E-state index in [0.717, 1.165) is 5.75 Å². The van der Waals surface area contributed by atoms with Gasteiger partial charge in [-0.25, -0.2) is 4.79 Å². The van der Waals surface area contributed by atoms with Crippen LogP contribution in [0, 0.1) is 5.92 Å². The summed E-state index contributed by atoms with van der Waals surface area (Å²) in [6.07, 6.45) is 2.49. The van der Waals surface area contributed by atoms with Crippen LogP contribution in [0.3, 0.4) is 0 Å². The van der Waals surface area contributed by atoms with E-state index in [2.05, 4.69) is 10.6 Å². The fourth-order valence-corrected chi connectivity index (χ4v) is 2.12. The van der Waals surface area contributed by atoms with Crippen LogP contribution >= 0.6 is 11.8 Å². The Morgan fingerprint density at radius 1 is 1.37 bits per heavy atom. The molecule has 0 aromatic rings. The number of hydrogen-bond donors (Lipinski definition) is 4.